The standard InChI is InChI=1S/C30H33N2O5S.C2HF3O2/c1-38(35,36)26-14-12-22(13-15-26)27(33)20-32-18-16-23(17-19-32)28(21-32)37-30(34)29(24-8-4-2-5-9-24)31-25-10-6-3-7-11-25;3-2(4,5)1(6)7/h2-15,23,28-29,31H,16-21H2,1H3;(H,6,7)/q+1;/p-1/t23?,28-,29-,32?;/m0./s1. The Morgan fingerprint density at radius 2 is 1.47 bits per heavy atom. The summed E-state index contributed by atoms with van der Waals surface area (Å²) in [6.07, 6.45) is -2.49. The lowest BCUT2D eigenvalue weighted by Gasteiger charge is -2.51. The molecule has 3 aromatic carbocycles. The minimum absolute atomic E-state index is 0.0246. The van der Waals surface area contributed by atoms with Gasteiger partial charge in [0.05, 0.1) is 18.0 Å². The lowest BCUT2D eigenvalue weighted by atomic mass is 9.82. The smallest absolute Gasteiger partial charge is 0.430 e. The first-order valence-electron chi connectivity index (χ1n) is 14.2. The predicted molar refractivity (Wildman–Crippen MR) is 157 cm³/mol. The highest BCUT2D eigenvalue weighted by molar-refractivity contribution is 7.90. The SMILES string of the molecule is CS(=O)(=O)c1ccc(C(=O)C[N+]23CCC(CC2)[C@@H](OC(=O)[C@@H](Nc2ccccc2)c2ccccc2)C3)cc1.O=C([O-])C(F)(F)F. The van der Waals surface area contributed by atoms with E-state index in [0.29, 0.717) is 23.1 Å². The fourth-order valence-electron chi connectivity index (χ4n) is 5.70. The Bertz CT molecular complexity index is 1590. The highest BCUT2D eigenvalue weighted by atomic mass is 32.2. The van der Waals surface area contributed by atoms with Crippen LogP contribution in [0.25, 0.3) is 0 Å². The van der Waals surface area contributed by atoms with Crippen LogP contribution in [0.5, 0.6) is 0 Å². The molecular formula is C32H33F3N2O7S. The summed E-state index contributed by atoms with van der Waals surface area (Å²) in [6.45, 7) is 2.66. The monoisotopic (exact) mass is 646 g/mol. The van der Waals surface area contributed by atoms with Gasteiger partial charge in [0.15, 0.2) is 22.0 Å². The number of carboxylic acid groups (broad SMARTS) is 1. The first-order chi connectivity index (χ1) is 21.2. The third-order valence-corrected chi connectivity index (χ3v) is 9.21. The molecule has 45 heavy (non-hydrogen) atoms. The Kier molecular flexibility index (Phi) is 10.3. The predicted octanol–water partition coefficient (Wildman–Crippen LogP) is 3.58. The van der Waals surface area contributed by atoms with E-state index in [1.165, 1.54) is 12.1 Å². The summed E-state index contributed by atoms with van der Waals surface area (Å²) in [6, 6.07) is 24.7. The van der Waals surface area contributed by atoms with E-state index in [0.717, 1.165) is 43.4 Å². The molecule has 0 aliphatic carbocycles. The summed E-state index contributed by atoms with van der Waals surface area (Å²) in [7, 11) is -3.32. The van der Waals surface area contributed by atoms with Crippen molar-refractivity contribution in [3.63, 3.8) is 0 Å². The molecule has 3 heterocycles. The number of rotatable bonds is 9. The van der Waals surface area contributed by atoms with Crippen LogP contribution in [0.3, 0.4) is 0 Å². The number of nitrogens with one attached hydrogen (secondary N) is 1. The van der Waals surface area contributed by atoms with E-state index in [9.17, 15) is 31.2 Å². The lowest BCUT2D eigenvalue weighted by molar-refractivity contribution is -0.938. The molecule has 240 valence electrons. The number of para-hydroxylation sites is 1. The second-order valence-electron chi connectivity index (χ2n) is 11.3. The lowest BCUT2D eigenvalue weighted by Crippen LogP contribution is -2.65. The number of ketones is 1. The fraction of sp³-hybridized carbons (Fsp3) is 0.344. The number of quaternary nitrogens is 1. The molecule has 2 atom stereocenters. The molecule has 6 rings (SSSR count). The van der Waals surface area contributed by atoms with E-state index in [1.807, 2.05) is 60.7 Å². The number of fused-ring (bicyclic) bond motifs is 3. The Balaban J connectivity index is 0.000000591. The van der Waals surface area contributed by atoms with Gasteiger partial charge in [-0.25, -0.2) is 13.2 Å². The van der Waals surface area contributed by atoms with Gasteiger partial charge in [0.2, 0.25) is 5.78 Å². The Morgan fingerprint density at radius 3 is 1.98 bits per heavy atom. The number of hydrogen-bond acceptors (Lipinski definition) is 8. The molecule has 0 aromatic heterocycles. The molecule has 0 spiro atoms. The Morgan fingerprint density at radius 1 is 0.933 bits per heavy atom. The number of piperidine rings is 3. The minimum atomic E-state index is -5.19. The van der Waals surface area contributed by atoms with E-state index in [-0.39, 0.29) is 28.7 Å². The molecule has 3 aromatic rings. The molecule has 0 radical (unpaired) electrons. The zero-order chi connectivity index (χ0) is 32.8. The van der Waals surface area contributed by atoms with Gasteiger partial charge in [-0.2, -0.15) is 13.2 Å². The van der Waals surface area contributed by atoms with Crippen molar-refractivity contribution >= 4 is 33.2 Å². The number of aliphatic carboxylic acids is 1. The van der Waals surface area contributed by atoms with Crippen molar-refractivity contribution in [1.82, 2.24) is 0 Å². The summed E-state index contributed by atoms with van der Waals surface area (Å²) < 4.78 is 61.8. The highest BCUT2D eigenvalue weighted by Gasteiger charge is 2.49. The molecule has 3 aliphatic heterocycles. The number of esters is 1. The number of nitrogens with zero attached hydrogens (tertiary/aromatic N) is 1. The summed E-state index contributed by atoms with van der Waals surface area (Å²) >= 11 is 0. The van der Waals surface area contributed by atoms with Crippen LogP contribution in [0.4, 0.5) is 18.9 Å². The van der Waals surface area contributed by atoms with Gasteiger partial charge in [-0.05, 0) is 42.0 Å². The van der Waals surface area contributed by atoms with Crippen molar-refractivity contribution in [3.8, 4) is 0 Å². The van der Waals surface area contributed by atoms with Crippen LogP contribution < -0.4 is 10.4 Å². The average Bonchev–Trinajstić information content (AvgIpc) is 3.00. The van der Waals surface area contributed by atoms with E-state index < -0.39 is 28.0 Å². The second-order valence-corrected chi connectivity index (χ2v) is 13.3. The molecule has 13 heteroatoms. The zero-order valence-electron chi connectivity index (χ0n) is 24.4. The molecule has 3 aliphatic rings. The van der Waals surface area contributed by atoms with Crippen molar-refractivity contribution in [2.24, 2.45) is 5.92 Å². The number of carbonyl (C=O) groups excluding carboxylic acids is 3. The van der Waals surface area contributed by atoms with E-state index in [1.54, 1.807) is 12.1 Å². The number of Topliss-reactive ketones (excluding diaryl/α,β-unsaturated/α-hetero) is 1. The van der Waals surface area contributed by atoms with Crippen LogP contribution >= 0.6 is 0 Å². The van der Waals surface area contributed by atoms with E-state index in [2.05, 4.69) is 5.32 Å². The van der Waals surface area contributed by atoms with Crippen molar-refractivity contribution in [2.45, 2.75) is 36.1 Å². The maximum absolute atomic E-state index is 13.5. The molecule has 3 saturated heterocycles. The van der Waals surface area contributed by atoms with Gasteiger partial charge in [0, 0.05) is 36.3 Å². The fourth-order valence-corrected chi connectivity index (χ4v) is 6.33. The van der Waals surface area contributed by atoms with Crippen molar-refractivity contribution in [3.05, 3.63) is 96.1 Å². The quantitative estimate of drug-likeness (QED) is 0.212. The third kappa shape index (κ3) is 8.92. The number of anilines is 1. The van der Waals surface area contributed by atoms with Crippen molar-refractivity contribution in [1.29, 1.82) is 0 Å². The van der Waals surface area contributed by atoms with Gasteiger partial charge in [-0.15, -0.1) is 0 Å². The summed E-state index contributed by atoms with van der Waals surface area (Å²) in [5.74, 6) is -3.06. The number of carboxylic acids is 1. The maximum atomic E-state index is 13.5. The summed E-state index contributed by atoms with van der Waals surface area (Å²) in [5, 5.41) is 12.1. The van der Waals surface area contributed by atoms with Gasteiger partial charge in [-0.3, -0.25) is 4.79 Å². The molecular weight excluding hydrogens is 613 g/mol. The largest absolute Gasteiger partial charge is 0.542 e. The van der Waals surface area contributed by atoms with Crippen molar-refractivity contribution in [2.75, 3.05) is 37.8 Å². The minimum Gasteiger partial charge on any atom is -0.542 e. The molecule has 3 fully saturated rings. The van der Waals surface area contributed by atoms with Crippen LogP contribution in [0.1, 0.15) is 34.8 Å². The number of halogens is 3. The number of benzene rings is 3. The molecule has 0 saturated carbocycles. The van der Waals surface area contributed by atoms with Gasteiger partial charge >= 0.3 is 12.1 Å². The molecule has 1 N–H and O–H groups in total. The van der Waals surface area contributed by atoms with Gasteiger partial charge in [0.25, 0.3) is 0 Å². The Labute approximate surface area is 259 Å². The molecule has 0 unspecified atom stereocenters. The maximum Gasteiger partial charge on any atom is 0.430 e. The first kappa shape index (κ1) is 33.7. The zero-order valence-corrected chi connectivity index (χ0v) is 25.2. The van der Waals surface area contributed by atoms with Gasteiger partial charge in [0.1, 0.15) is 19.1 Å². The third-order valence-electron chi connectivity index (χ3n) is 8.08. The normalized spacial score (nSPS) is 21.5. The number of sulfone groups is 1. The van der Waals surface area contributed by atoms with Crippen LogP contribution in [-0.2, 0) is 24.2 Å². The molecule has 2 bridgehead atoms. The van der Waals surface area contributed by atoms with Crippen LogP contribution in [0.15, 0.2) is 89.8 Å². The van der Waals surface area contributed by atoms with Gasteiger partial charge in [-0.1, -0.05) is 48.5 Å². The van der Waals surface area contributed by atoms with Crippen molar-refractivity contribution < 1.29 is 50.3 Å². The van der Waals surface area contributed by atoms with Crippen LogP contribution in [0.2, 0.25) is 0 Å². The second kappa shape index (κ2) is 13.8. The number of hydrogen-bond donors (Lipinski definition) is 1. The topological polar surface area (TPSA) is 130 Å². The van der Waals surface area contributed by atoms with E-state index in [4.69, 9.17) is 14.6 Å². The average molecular weight is 647 g/mol. The van der Waals surface area contributed by atoms with Crippen LogP contribution in [0, 0.1) is 5.92 Å². The van der Waals surface area contributed by atoms with E-state index >= 15 is 0 Å². The van der Waals surface area contributed by atoms with Crippen LogP contribution in [-0.4, -0.2) is 75.3 Å². The van der Waals surface area contributed by atoms with Gasteiger partial charge < -0.3 is 24.4 Å². The summed E-state index contributed by atoms with van der Waals surface area (Å²) in [5.41, 5.74) is 2.17. The first-order valence-corrected chi connectivity index (χ1v) is 16.1. The number of alkyl halides is 3. The number of ether oxygens (including phenoxy) is 1. The summed E-state index contributed by atoms with van der Waals surface area (Å²) in [4.78, 5) is 35.7. The molecule has 0 amide bonds. The molecule has 9 nitrogen and oxygen atoms in total. The number of carbonyl (C=O) groups is 3. The highest BCUT2D eigenvalue weighted by Crippen LogP contribution is 2.37. The Hall–Kier alpha value is -4.23.